The number of nitrogens with zero attached hydrogens (tertiary/aromatic N) is 2. The molecule has 0 spiro atoms. The fourth-order valence-electron chi connectivity index (χ4n) is 2.17. The van der Waals surface area contributed by atoms with E-state index in [4.69, 9.17) is 34.8 Å². The van der Waals surface area contributed by atoms with Crippen molar-refractivity contribution in [2.75, 3.05) is 13.1 Å². The molecule has 0 saturated carbocycles. The molecule has 23 heavy (non-hydrogen) atoms. The van der Waals surface area contributed by atoms with E-state index in [2.05, 4.69) is 10.3 Å². The van der Waals surface area contributed by atoms with E-state index >= 15 is 0 Å². The van der Waals surface area contributed by atoms with Crippen molar-refractivity contribution in [3.63, 3.8) is 0 Å². The molecule has 0 aromatic heterocycles. The number of alkyl halides is 3. The Kier molecular flexibility index (Phi) is 7.65. The van der Waals surface area contributed by atoms with Crippen molar-refractivity contribution in [1.29, 1.82) is 0 Å². The lowest BCUT2D eigenvalue weighted by Gasteiger charge is -2.26. The summed E-state index contributed by atoms with van der Waals surface area (Å²) in [5.41, 5.74) is 1.79. The maximum Gasteiger partial charge on any atom is 0.343 e. The zero-order chi connectivity index (χ0) is 17.6. The predicted molar refractivity (Wildman–Crippen MR) is 98.8 cm³/mol. The highest BCUT2D eigenvalue weighted by Crippen LogP contribution is 2.39. The van der Waals surface area contributed by atoms with Gasteiger partial charge in [0.25, 0.3) is 0 Å². The highest BCUT2D eigenvalue weighted by atomic mass is 35.6. The van der Waals surface area contributed by atoms with Gasteiger partial charge in [-0.1, -0.05) is 64.6 Å². The van der Waals surface area contributed by atoms with E-state index in [0.717, 1.165) is 18.7 Å². The van der Waals surface area contributed by atoms with Crippen molar-refractivity contribution >= 4 is 46.7 Å². The molecule has 0 radical (unpaired) electrons. The first-order chi connectivity index (χ1) is 10.7. The molecule has 0 fully saturated rings. The van der Waals surface area contributed by atoms with E-state index in [1.165, 1.54) is 0 Å². The van der Waals surface area contributed by atoms with Gasteiger partial charge in [0.05, 0.1) is 0 Å². The number of hydrogen-bond acceptors (Lipinski definition) is 1. The maximum atomic E-state index is 12.2. The van der Waals surface area contributed by atoms with Crippen LogP contribution in [0.5, 0.6) is 0 Å². The second-order valence-corrected chi connectivity index (χ2v) is 7.54. The summed E-state index contributed by atoms with van der Waals surface area (Å²) >= 11 is 18.1. The molecule has 128 valence electrons. The summed E-state index contributed by atoms with van der Waals surface area (Å²) in [5.74, 6) is 0.625. The Morgan fingerprint density at radius 1 is 1.22 bits per heavy atom. The Morgan fingerprint density at radius 3 is 2.17 bits per heavy atom. The number of nitrogens with one attached hydrogen (secondary N) is 1. The van der Waals surface area contributed by atoms with Gasteiger partial charge in [-0.15, -0.1) is 0 Å². The van der Waals surface area contributed by atoms with Crippen molar-refractivity contribution in [2.45, 2.75) is 37.5 Å². The summed E-state index contributed by atoms with van der Waals surface area (Å²) in [4.78, 5) is 18.2. The normalized spacial score (nSPS) is 13.6. The first-order valence-electron chi connectivity index (χ1n) is 7.43. The third-order valence-electron chi connectivity index (χ3n) is 3.49. The number of carbonyl (C=O) groups excluding carboxylic acids is 1. The van der Waals surface area contributed by atoms with Crippen LogP contribution in [0.3, 0.4) is 0 Å². The molecule has 1 N–H and O–H groups in total. The molecule has 0 saturated heterocycles. The molecule has 4 nitrogen and oxygen atoms in total. The number of rotatable bonds is 4. The molecule has 2 amide bonds. The number of halogens is 3. The monoisotopic (exact) mass is 377 g/mol. The molecule has 0 heterocycles. The Morgan fingerprint density at radius 2 is 1.74 bits per heavy atom. The number of aliphatic imine (C=N–C) groups is 1. The van der Waals surface area contributed by atoms with Crippen LogP contribution < -0.4 is 5.32 Å². The van der Waals surface area contributed by atoms with Gasteiger partial charge in [-0.05, 0) is 33.3 Å². The van der Waals surface area contributed by atoms with Crippen LogP contribution in [-0.4, -0.2) is 33.6 Å². The van der Waals surface area contributed by atoms with E-state index in [0.29, 0.717) is 11.4 Å². The maximum absolute atomic E-state index is 12.2. The Bertz CT molecular complexity index is 549. The van der Waals surface area contributed by atoms with Gasteiger partial charge in [-0.2, -0.15) is 4.99 Å². The number of benzene rings is 1. The van der Waals surface area contributed by atoms with Crippen LogP contribution in [0.15, 0.2) is 29.3 Å². The first kappa shape index (κ1) is 20.1. The van der Waals surface area contributed by atoms with Crippen LogP contribution in [0.1, 0.15) is 37.9 Å². The predicted octanol–water partition coefficient (Wildman–Crippen LogP) is 4.88. The number of amidine groups is 1. The van der Waals surface area contributed by atoms with Gasteiger partial charge >= 0.3 is 6.03 Å². The number of amides is 2. The SMILES string of the molecule is CCN(CC)C(C)=NC(=O)N[C@H](c1ccc(C)cc1)C(Cl)(Cl)Cl. The molecule has 1 atom stereocenters. The second kappa shape index (κ2) is 8.76. The molecule has 0 unspecified atom stereocenters. The van der Waals surface area contributed by atoms with Crippen molar-refractivity contribution in [1.82, 2.24) is 10.2 Å². The third-order valence-corrected chi connectivity index (χ3v) is 4.14. The van der Waals surface area contributed by atoms with Crippen LogP contribution >= 0.6 is 34.8 Å². The Hall–Kier alpha value is -0.970. The molecule has 0 aliphatic heterocycles. The summed E-state index contributed by atoms with van der Waals surface area (Å²) in [6.45, 7) is 9.27. The number of aryl methyl sites for hydroxylation is 1. The molecule has 1 aromatic rings. The first-order valence-corrected chi connectivity index (χ1v) is 8.56. The summed E-state index contributed by atoms with van der Waals surface area (Å²) in [5, 5.41) is 2.68. The lowest BCUT2D eigenvalue weighted by Crippen LogP contribution is -2.36. The zero-order valence-corrected chi connectivity index (χ0v) is 16.0. The molecule has 0 aliphatic rings. The van der Waals surface area contributed by atoms with Crippen LogP contribution in [0.4, 0.5) is 4.79 Å². The van der Waals surface area contributed by atoms with E-state index in [1.54, 1.807) is 6.92 Å². The van der Waals surface area contributed by atoms with Crippen LogP contribution in [0.25, 0.3) is 0 Å². The van der Waals surface area contributed by atoms with E-state index in [-0.39, 0.29) is 0 Å². The molecule has 0 bridgehead atoms. The van der Waals surface area contributed by atoms with Crippen LogP contribution in [0, 0.1) is 6.92 Å². The number of hydrogen-bond donors (Lipinski definition) is 1. The molecule has 1 aromatic carbocycles. The molecule has 1 rings (SSSR count). The number of carbonyl (C=O) groups is 1. The number of urea groups is 1. The van der Waals surface area contributed by atoms with Crippen molar-refractivity contribution in [3.8, 4) is 0 Å². The van der Waals surface area contributed by atoms with Crippen molar-refractivity contribution in [2.24, 2.45) is 4.99 Å². The summed E-state index contributed by atoms with van der Waals surface area (Å²) in [6.07, 6.45) is 0. The molecular formula is C16H22Cl3N3O. The minimum atomic E-state index is -1.68. The molecule has 0 aliphatic carbocycles. The van der Waals surface area contributed by atoms with Gasteiger partial charge < -0.3 is 10.2 Å². The van der Waals surface area contributed by atoms with Crippen molar-refractivity contribution < 1.29 is 4.79 Å². The van der Waals surface area contributed by atoms with Gasteiger partial charge in [0.2, 0.25) is 3.79 Å². The lowest BCUT2D eigenvalue weighted by molar-refractivity contribution is 0.245. The summed E-state index contributed by atoms with van der Waals surface area (Å²) in [7, 11) is 0. The van der Waals surface area contributed by atoms with Gasteiger partial charge in [0.15, 0.2) is 0 Å². The minimum absolute atomic E-state index is 0.536. The fraction of sp³-hybridized carbons (Fsp3) is 0.500. The van der Waals surface area contributed by atoms with Gasteiger partial charge in [0, 0.05) is 13.1 Å². The van der Waals surface area contributed by atoms with Crippen LogP contribution in [0.2, 0.25) is 0 Å². The highest BCUT2D eigenvalue weighted by molar-refractivity contribution is 6.68. The minimum Gasteiger partial charge on any atom is -0.361 e. The van der Waals surface area contributed by atoms with Crippen LogP contribution in [-0.2, 0) is 0 Å². The zero-order valence-electron chi connectivity index (χ0n) is 13.7. The molecular weight excluding hydrogens is 357 g/mol. The van der Waals surface area contributed by atoms with Gasteiger partial charge in [-0.25, -0.2) is 4.79 Å². The summed E-state index contributed by atoms with van der Waals surface area (Å²) < 4.78 is -1.68. The third kappa shape index (κ3) is 6.21. The Labute approximate surface area is 152 Å². The fourth-order valence-corrected chi connectivity index (χ4v) is 2.71. The lowest BCUT2D eigenvalue weighted by atomic mass is 10.1. The smallest absolute Gasteiger partial charge is 0.343 e. The van der Waals surface area contributed by atoms with Gasteiger partial charge in [0.1, 0.15) is 11.9 Å². The average Bonchev–Trinajstić information content (AvgIpc) is 2.46. The quantitative estimate of drug-likeness (QED) is 0.461. The highest BCUT2D eigenvalue weighted by Gasteiger charge is 2.35. The molecule has 7 heteroatoms. The second-order valence-electron chi connectivity index (χ2n) is 5.17. The van der Waals surface area contributed by atoms with E-state index < -0.39 is 15.9 Å². The van der Waals surface area contributed by atoms with Gasteiger partial charge in [-0.3, -0.25) is 0 Å². The van der Waals surface area contributed by atoms with Crippen molar-refractivity contribution in [3.05, 3.63) is 35.4 Å². The average molecular weight is 379 g/mol. The Balaban J connectivity index is 2.97. The topological polar surface area (TPSA) is 44.7 Å². The largest absolute Gasteiger partial charge is 0.361 e. The standard InChI is InChI=1S/C16H22Cl3N3O/c1-5-22(6-2)12(4)20-15(23)21-14(16(17,18)19)13-9-7-11(3)8-10-13/h7-10,14H,5-6H2,1-4H3,(H,21,23)/t14-/m1/s1. The van der Waals surface area contributed by atoms with E-state index in [9.17, 15) is 4.79 Å². The summed E-state index contributed by atoms with van der Waals surface area (Å²) in [6, 6.07) is 6.12. The van der Waals surface area contributed by atoms with E-state index in [1.807, 2.05) is 49.9 Å².